The fraction of sp³-hybridized carbons (Fsp3) is 0.462. The van der Waals surface area contributed by atoms with Crippen LogP contribution in [-0.2, 0) is 17.1 Å². The quantitative estimate of drug-likeness (QED) is 0.598. The summed E-state index contributed by atoms with van der Waals surface area (Å²) in [7, 11) is 0. The van der Waals surface area contributed by atoms with E-state index in [2.05, 4.69) is 0 Å². The first-order valence-corrected chi connectivity index (χ1v) is 5.96. The average Bonchev–Trinajstić information content (AvgIpc) is 2.35. The number of carbonyl (C=O) groups is 1. The second-order valence-corrected chi connectivity index (χ2v) is 4.38. The van der Waals surface area contributed by atoms with Crippen LogP contribution in [0.15, 0.2) is 18.2 Å². The summed E-state index contributed by atoms with van der Waals surface area (Å²) in [5.74, 6) is -1.09. The van der Waals surface area contributed by atoms with Gasteiger partial charge in [-0.2, -0.15) is 26.3 Å². The summed E-state index contributed by atoms with van der Waals surface area (Å²) in [4.78, 5) is 11.6. The number of alkyl halides is 6. The molecule has 1 atom stereocenters. The zero-order valence-electron chi connectivity index (χ0n) is 11.1. The third kappa shape index (κ3) is 4.37. The van der Waals surface area contributed by atoms with E-state index >= 15 is 0 Å². The minimum absolute atomic E-state index is 0.160. The Morgan fingerprint density at radius 3 is 2.05 bits per heavy atom. The summed E-state index contributed by atoms with van der Waals surface area (Å²) in [6, 6.07) is 1.06. The molecule has 2 nitrogen and oxygen atoms in total. The molecule has 1 aromatic carbocycles. The third-order valence-electron chi connectivity index (χ3n) is 2.75. The Labute approximate surface area is 116 Å². The van der Waals surface area contributed by atoms with Gasteiger partial charge in [-0.25, -0.2) is 4.79 Å². The molecule has 0 amide bonds. The summed E-state index contributed by atoms with van der Waals surface area (Å²) in [5.41, 5.74) is -4.32. The highest BCUT2D eigenvalue weighted by Gasteiger charge is 2.43. The zero-order chi connectivity index (χ0) is 16.4. The summed E-state index contributed by atoms with van der Waals surface area (Å²) in [5, 5.41) is 0. The largest absolute Gasteiger partial charge is 0.459 e. The molecule has 1 aromatic rings. The number of carbonyl (C=O) groups excluding carboxylic acids is 1. The maximum absolute atomic E-state index is 12.7. The van der Waals surface area contributed by atoms with Crippen LogP contribution in [0.25, 0.3) is 0 Å². The first-order valence-electron chi connectivity index (χ1n) is 5.96. The molecule has 1 unspecified atom stereocenters. The number of hydrogen-bond acceptors (Lipinski definition) is 2. The second kappa shape index (κ2) is 5.95. The Morgan fingerprint density at radius 1 is 1.10 bits per heavy atom. The number of hydrogen-bond donors (Lipinski definition) is 0. The molecule has 118 valence electrons. The first kappa shape index (κ1) is 17.3. The van der Waals surface area contributed by atoms with E-state index in [1.165, 1.54) is 6.92 Å². The smallest absolute Gasteiger partial charge is 0.417 e. The Balaban J connectivity index is 3.26. The lowest BCUT2D eigenvalue weighted by molar-refractivity contribution is -0.162. The molecule has 0 spiro atoms. The highest BCUT2D eigenvalue weighted by molar-refractivity contribution is 5.90. The predicted molar refractivity (Wildman–Crippen MR) is 61.6 cm³/mol. The standard InChI is InChI=1S/C13H12F6O2/c1-3-7(2)21-11(20)8-4-5-9(12(14,15)16)10(6-8)13(17,18)19/h4-7H,3H2,1-2H3. The van der Waals surface area contributed by atoms with Crippen LogP contribution in [-0.4, -0.2) is 12.1 Å². The molecular formula is C13H12F6O2. The van der Waals surface area contributed by atoms with E-state index in [1.54, 1.807) is 6.92 Å². The first-order chi connectivity index (χ1) is 9.46. The SMILES string of the molecule is CCC(C)OC(=O)c1ccc(C(F)(F)F)c(C(F)(F)F)c1. The molecule has 0 fully saturated rings. The minimum Gasteiger partial charge on any atom is -0.459 e. The lowest BCUT2D eigenvalue weighted by Crippen LogP contribution is -2.19. The predicted octanol–water partition coefficient (Wildman–Crippen LogP) is 4.68. The number of rotatable bonds is 3. The molecule has 0 aliphatic heterocycles. The number of ether oxygens (including phenoxy) is 1. The second-order valence-electron chi connectivity index (χ2n) is 4.38. The molecule has 0 aliphatic rings. The van der Waals surface area contributed by atoms with Crippen molar-refractivity contribution in [2.45, 2.75) is 38.7 Å². The van der Waals surface area contributed by atoms with Crippen molar-refractivity contribution in [2.75, 3.05) is 0 Å². The number of halogens is 6. The zero-order valence-corrected chi connectivity index (χ0v) is 11.1. The summed E-state index contributed by atoms with van der Waals surface area (Å²) in [6.07, 6.45) is -10.5. The van der Waals surface area contributed by atoms with Gasteiger partial charge < -0.3 is 4.74 Å². The molecule has 21 heavy (non-hydrogen) atoms. The molecule has 8 heteroatoms. The van der Waals surface area contributed by atoms with Crippen LogP contribution in [0, 0.1) is 0 Å². The molecule has 0 aliphatic carbocycles. The van der Waals surface area contributed by atoms with Crippen molar-refractivity contribution >= 4 is 5.97 Å². The molecular weight excluding hydrogens is 302 g/mol. The van der Waals surface area contributed by atoms with Crippen LogP contribution < -0.4 is 0 Å². The van der Waals surface area contributed by atoms with E-state index in [1.807, 2.05) is 0 Å². The van der Waals surface area contributed by atoms with Gasteiger partial charge in [0.05, 0.1) is 22.8 Å². The fourth-order valence-corrected chi connectivity index (χ4v) is 1.49. The molecule has 0 saturated carbocycles. The molecule has 0 aromatic heterocycles. The molecule has 0 N–H and O–H groups in total. The van der Waals surface area contributed by atoms with Gasteiger partial charge in [0.25, 0.3) is 0 Å². The summed E-state index contributed by atoms with van der Waals surface area (Å²) in [6.45, 7) is 3.21. The van der Waals surface area contributed by atoms with Crippen molar-refractivity contribution in [3.05, 3.63) is 34.9 Å². The maximum atomic E-state index is 12.7. The van der Waals surface area contributed by atoms with E-state index in [4.69, 9.17) is 4.74 Å². The van der Waals surface area contributed by atoms with Gasteiger partial charge in [0.15, 0.2) is 0 Å². The minimum atomic E-state index is -5.22. The van der Waals surface area contributed by atoms with E-state index in [0.717, 1.165) is 0 Å². The van der Waals surface area contributed by atoms with Gasteiger partial charge in [0.2, 0.25) is 0 Å². The monoisotopic (exact) mass is 314 g/mol. The Morgan fingerprint density at radius 2 is 1.62 bits per heavy atom. The lowest BCUT2D eigenvalue weighted by Gasteiger charge is -2.17. The summed E-state index contributed by atoms with van der Waals surface area (Å²) < 4.78 is 80.6. The van der Waals surface area contributed by atoms with Gasteiger partial charge in [-0.3, -0.25) is 0 Å². The van der Waals surface area contributed by atoms with Crippen molar-refractivity contribution in [1.29, 1.82) is 0 Å². The normalized spacial score (nSPS) is 13.9. The van der Waals surface area contributed by atoms with Crippen molar-refractivity contribution in [3.63, 3.8) is 0 Å². The van der Waals surface area contributed by atoms with Gasteiger partial charge >= 0.3 is 18.3 Å². The Bertz CT molecular complexity index is 518. The van der Waals surface area contributed by atoms with Gasteiger partial charge in [-0.05, 0) is 31.5 Å². The van der Waals surface area contributed by atoms with E-state index in [-0.39, 0.29) is 12.1 Å². The molecule has 0 radical (unpaired) electrons. The van der Waals surface area contributed by atoms with Crippen LogP contribution in [0.5, 0.6) is 0 Å². The van der Waals surface area contributed by atoms with Gasteiger partial charge in [0, 0.05) is 0 Å². The van der Waals surface area contributed by atoms with E-state index in [0.29, 0.717) is 12.5 Å². The topological polar surface area (TPSA) is 26.3 Å². The highest BCUT2D eigenvalue weighted by atomic mass is 19.4. The van der Waals surface area contributed by atoms with Gasteiger partial charge in [0.1, 0.15) is 0 Å². The van der Waals surface area contributed by atoms with Crippen molar-refractivity contribution in [3.8, 4) is 0 Å². The average molecular weight is 314 g/mol. The number of esters is 1. The molecule has 1 rings (SSSR count). The highest BCUT2D eigenvalue weighted by Crippen LogP contribution is 2.40. The van der Waals surface area contributed by atoms with Gasteiger partial charge in [-0.1, -0.05) is 6.92 Å². The third-order valence-corrected chi connectivity index (χ3v) is 2.75. The molecule has 0 bridgehead atoms. The van der Waals surface area contributed by atoms with Crippen LogP contribution in [0.3, 0.4) is 0 Å². The maximum Gasteiger partial charge on any atom is 0.417 e. The van der Waals surface area contributed by atoms with Crippen molar-refractivity contribution < 1.29 is 35.9 Å². The Hall–Kier alpha value is -1.73. The Kier molecular flexibility index (Phi) is 4.91. The van der Waals surface area contributed by atoms with Crippen molar-refractivity contribution in [1.82, 2.24) is 0 Å². The van der Waals surface area contributed by atoms with E-state index in [9.17, 15) is 31.1 Å². The molecule has 0 heterocycles. The van der Waals surface area contributed by atoms with Crippen LogP contribution in [0.4, 0.5) is 26.3 Å². The van der Waals surface area contributed by atoms with Crippen molar-refractivity contribution in [2.24, 2.45) is 0 Å². The van der Waals surface area contributed by atoms with Crippen LogP contribution >= 0.6 is 0 Å². The summed E-state index contributed by atoms with van der Waals surface area (Å²) >= 11 is 0. The van der Waals surface area contributed by atoms with Crippen LogP contribution in [0.2, 0.25) is 0 Å². The fourth-order valence-electron chi connectivity index (χ4n) is 1.49. The molecule has 0 saturated heterocycles. The van der Waals surface area contributed by atoms with Gasteiger partial charge in [-0.15, -0.1) is 0 Å². The lowest BCUT2D eigenvalue weighted by atomic mass is 10.0. The number of benzene rings is 1. The van der Waals surface area contributed by atoms with Crippen LogP contribution in [0.1, 0.15) is 41.8 Å². The van der Waals surface area contributed by atoms with E-state index < -0.39 is 41.1 Å².